The fraction of sp³-hybridized carbons (Fsp3) is 0.0667. The van der Waals surface area contributed by atoms with Gasteiger partial charge in [-0.25, -0.2) is 0 Å². The van der Waals surface area contributed by atoms with Crippen LogP contribution in [0.3, 0.4) is 0 Å². The Balaban J connectivity index is 2.23. The molecule has 23 heavy (non-hydrogen) atoms. The summed E-state index contributed by atoms with van der Waals surface area (Å²) < 4.78 is 0. The molecule has 0 spiro atoms. The first kappa shape index (κ1) is 16.4. The zero-order chi connectivity index (χ0) is 17.0. The zero-order valence-corrected chi connectivity index (χ0v) is 12.7. The lowest BCUT2D eigenvalue weighted by atomic mass is 10.1. The molecule has 0 aliphatic carbocycles. The molecular weight excluding hydrogens is 322 g/mol. The number of hydrogen-bond acceptors (Lipinski definition) is 6. The Bertz CT molecular complexity index is 805. The molecule has 0 radical (unpaired) electrons. The number of carbonyl (C=O) groups is 1. The maximum absolute atomic E-state index is 10.9. The molecule has 0 fully saturated rings. The molecule has 118 valence electrons. The zero-order valence-electron chi connectivity index (χ0n) is 11.9. The van der Waals surface area contributed by atoms with E-state index in [-0.39, 0.29) is 16.3 Å². The van der Waals surface area contributed by atoms with Crippen LogP contribution in [0.5, 0.6) is 0 Å². The molecule has 0 bridgehead atoms. The van der Waals surface area contributed by atoms with E-state index in [0.717, 1.165) is 0 Å². The van der Waals surface area contributed by atoms with Crippen molar-refractivity contribution in [1.82, 2.24) is 0 Å². The molecule has 0 heterocycles. The van der Waals surface area contributed by atoms with E-state index < -0.39 is 10.9 Å². The lowest BCUT2D eigenvalue weighted by molar-refractivity contribution is -0.384. The summed E-state index contributed by atoms with van der Waals surface area (Å²) in [7, 11) is 0. The molecule has 0 amide bonds. The number of nitro groups is 1. The van der Waals surface area contributed by atoms with Crippen LogP contribution in [0.25, 0.3) is 0 Å². The maximum Gasteiger partial charge on any atom is 0.270 e. The van der Waals surface area contributed by atoms with Gasteiger partial charge < -0.3 is 9.90 Å². The fourth-order valence-electron chi connectivity index (χ4n) is 1.81. The first-order valence-electron chi connectivity index (χ1n) is 6.44. The summed E-state index contributed by atoms with van der Waals surface area (Å²) in [5.74, 6) is -1.39. The Morgan fingerprint density at radius 2 is 2.00 bits per heavy atom. The highest BCUT2D eigenvalue weighted by molar-refractivity contribution is 6.33. The number of non-ortho nitro benzene ring substituents is 1. The monoisotopic (exact) mass is 332 g/mol. The van der Waals surface area contributed by atoms with Crippen LogP contribution in [-0.4, -0.2) is 16.6 Å². The molecule has 0 unspecified atom stereocenters. The smallest absolute Gasteiger partial charge is 0.270 e. The van der Waals surface area contributed by atoms with Gasteiger partial charge in [0.05, 0.1) is 22.3 Å². The lowest BCUT2D eigenvalue weighted by Gasteiger charge is -2.08. The summed E-state index contributed by atoms with van der Waals surface area (Å²) >= 11 is 5.75. The molecule has 0 saturated heterocycles. The molecule has 2 rings (SSSR count). The molecule has 0 aliphatic rings. The van der Waals surface area contributed by atoms with E-state index in [0.29, 0.717) is 17.0 Å². The molecule has 8 heteroatoms. The Morgan fingerprint density at radius 1 is 1.26 bits per heavy atom. The van der Waals surface area contributed by atoms with Gasteiger partial charge in [-0.15, -0.1) is 0 Å². The number of carbonyl (C=O) groups excluding carboxylic acids is 1. The standard InChI is InChI=1S/C15H12ClN3O4/c1-9(10-3-2-4-12(7-10)19(22)23)17-18-11-5-6-14(16)13(8-11)15(20)21/h2-8,18H,1H3,(H,20,21)/p-1/b17-9-. The highest BCUT2D eigenvalue weighted by atomic mass is 35.5. The number of hydrazone groups is 1. The molecule has 1 N–H and O–H groups in total. The van der Waals surface area contributed by atoms with E-state index in [9.17, 15) is 20.0 Å². The number of anilines is 1. The van der Waals surface area contributed by atoms with Crippen LogP contribution in [0.1, 0.15) is 22.8 Å². The van der Waals surface area contributed by atoms with Gasteiger partial charge in [0, 0.05) is 28.3 Å². The van der Waals surface area contributed by atoms with Gasteiger partial charge in [0.2, 0.25) is 0 Å². The Hall–Kier alpha value is -2.93. The Morgan fingerprint density at radius 3 is 2.65 bits per heavy atom. The van der Waals surface area contributed by atoms with Crippen molar-refractivity contribution in [2.75, 3.05) is 5.43 Å². The number of nitrogens with zero attached hydrogens (tertiary/aromatic N) is 2. The van der Waals surface area contributed by atoms with Crippen molar-refractivity contribution < 1.29 is 14.8 Å². The van der Waals surface area contributed by atoms with Crippen molar-refractivity contribution >= 4 is 34.7 Å². The van der Waals surface area contributed by atoms with E-state index in [4.69, 9.17) is 11.6 Å². The van der Waals surface area contributed by atoms with Crippen LogP contribution in [0, 0.1) is 10.1 Å². The number of carboxylic acids is 1. The first-order valence-corrected chi connectivity index (χ1v) is 6.82. The van der Waals surface area contributed by atoms with Crippen molar-refractivity contribution in [3.63, 3.8) is 0 Å². The number of benzene rings is 2. The van der Waals surface area contributed by atoms with Crippen LogP contribution in [0.15, 0.2) is 47.6 Å². The molecule has 7 nitrogen and oxygen atoms in total. The van der Waals surface area contributed by atoms with Crippen molar-refractivity contribution in [2.45, 2.75) is 6.92 Å². The van der Waals surface area contributed by atoms with Crippen LogP contribution >= 0.6 is 11.6 Å². The minimum absolute atomic E-state index is 0.0391. The van der Waals surface area contributed by atoms with E-state index in [1.165, 1.54) is 24.3 Å². The van der Waals surface area contributed by atoms with Crippen LogP contribution < -0.4 is 10.5 Å². The maximum atomic E-state index is 10.9. The second-order valence-corrected chi connectivity index (χ2v) is 5.01. The van der Waals surface area contributed by atoms with Gasteiger partial charge in [0.1, 0.15) is 0 Å². The molecule has 0 saturated carbocycles. The Labute approximate surface area is 136 Å². The minimum atomic E-state index is -1.39. The summed E-state index contributed by atoms with van der Waals surface area (Å²) in [5.41, 5.74) is 3.96. The van der Waals surface area contributed by atoms with Crippen LogP contribution in [0.4, 0.5) is 11.4 Å². The van der Waals surface area contributed by atoms with E-state index >= 15 is 0 Å². The number of halogens is 1. The first-order chi connectivity index (χ1) is 10.9. The normalized spacial score (nSPS) is 11.1. The predicted molar refractivity (Wildman–Crippen MR) is 84.7 cm³/mol. The van der Waals surface area contributed by atoms with Crippen molar-refractivity contribution in [3.05, 3.63) is 68.7 Å². The molecule has 0 aromatic heterocycles. The quantitative estimate of drug-likeness (QED) is 0.514. The molecular formula is C15H11ClN3O4-. The van der Waals surface area contributed by atoms with Gasteiger partial charge >= 0.3 is 0 Å². The van der Waals surface area contributed by atoms with Crippen LogP contribution in [-0.2, 0) is 0 Å². The third-order valence-corrected chi connectivity index (χ3v) is 3.34. The third-order valence-electron chi connectivity index (χ3n) is 3.01. The molecule has 2 aromatic rings. The third kappa shape index (κ3) is 4.04. The summed E-state index contributed by atoms with van der Waals surface area (Å²) in [6, 6.07) is 10.3. The average Bonchev–Trinajstić information content (AvgIpc) is 2.53. The van der Waals surface area contributed by atoms with Gasteiger partial charge in [0.25, 0.3) is 5.69 Å². The van der Waals surface area contributed by atoms with Gasteiger partial charge in [-0.2, -0.15) is 5.10 Å². The van der Waals surface area contributed by atoms with Crippen LogP contribution in [0.2, 0.25) is 5.02 Å². The molecule has 0 aliphatic heterocycles. The van der Waals surface area contributed by atoms with Crippen molar-refractivity contribution in [2.24, 2.45) is 5.10 Å². The number of hydrogen-bond donors (Lipinski definition) is 1. The average molecular weight is 333 g/mol. The SMILES string of the molecule is C/C(=N/Nc1ccc(Cl)c(C(=O)[O-])c1)c1cccc([N+](=O)[O-])c1. The second kappa shape index (κ2) is 6.89. The van der Waals surface area contributed by atoms with E-state index in [1.54, 1.807) is 25.1 Å². The molecule has 2 aromatic carbocycles. The van der Waals surface area contributed by atoms with E-state index in [1.807, 2.05) is 0 Å². The number of aromatic carboxylic acids is 1. The number of carboxylic acid groups (broad SMARTS) is 1. The predicted octanol–water partition coefficient (Wildman–Crippen LogP) is 2.45. The Kier molecular flexibility index (Phi) is 4.92. The van der Waals surface area contributed by atoms with Gasteiger partial charge in [-0.05, 0) is 25.1 Å². The summed E-state index contributed by atoms with van der Waals surface area (Å²) in [6.07, 6.45) is 0. The summed E-state index contributed by atoms with van der Waals surface area (Å²) in [4.78, 5) is 21.2. The largest absolute Gasteiger partial charge is 0.545 e. The highest BCUT2D eigenvalue weighted by Crippen LogP contribution is 2.20. The van der Waals surface area contributed by atoms with E-state index in [2.05, 4.69) is 10.5 Å². The minimum Gasteiger partial charge on any atom is -0.545 e. The van der Waals surface area contributed by atoms with Gasteiger partial charge in [-0.3, -0.25) is 15.5 Å². The topological polar surface area (TPSA) is 108 Å². The summed E-state index contributed by atoms with van der Waals surface area (Å²) in [6.45, 7) is 1.67. The van der Waals surface area contributed by atoms with Gasteiger partial charge in [-0.1, -0.05) is 23.7 Å². The highest BCUT2D eigenvalue weighted by Gasteiger charge is 2.07. The van der Waals surface area contributed by atoms with Crippen molar-refractivity contribution in [3.8, 4) is 0 Å². The summed E-state index contributed by atoms with van der Waals surface area (Å²) in [5, 5.41) is 25.8. The molecule has 0 atom stereocenters. The van der Waals surface area contributed by atoms with Gasteiger partial charge in [0.15, 0.2) is 0 Å². The number of nitro benzene ring substituents is 1. The number of rotatable bonds is 5. The lowest BCUT2D eigenvalue weighted by Crippen LogP contribution is -2.22. The van der Waals surface area contributed by atoms with Crippen molar-refractivity contribution in [1.29, 1.82) is 0 Å². The fourth-order valence-corrected chi connectivity index (χ4v) is 2.00. The number of nitrogens with one attached hydrogen (secondary N) is 1. The second-order valence-electron chi connectivity index (χ2n) is 4.60.